The summed E-state index contributed by atoms with van der Waals surface area (Å²) in [7, 11) is 1.67. The molecular formula is C11H16ClNO. The summed E-state index contributed by atoms with van der Waals surface area (Å²) in [5.74, 6) is 1.33. The van der Waals surface area contributed by atoms with Crippen LogP contribution in [0.15, 0.2) is 12.1 Å². The molecule has 0 bridgehead atoms. The van der Waals surface area contributed by atoms with E-state index in [0.717, 1.165) is 22.4 Å². The molecule has 0 aliphatic carbocycles. The van der Waals surface area contributed by atoms with Crippen molar-refractivity contribution in [1.82, 2.24) is 0 Å². The largest absolute Gasteiger partial charge is 0.496 e. The lowest BCUT2D eigenvalue weighted by Gasteiger charge is -2.16. The van der Waals surface area contributed by atoms with Crippen LogP contribution in [0.2, 0.25) is 0 Å². The number of halogens is 1. The fourth-order valence-electron chi connectivity index (χ4n) is 1.52. The van der Waals surface area contributed by atoms with E-state index in [0.29, 0.717) is 5.88 Å². The van der Waals surface area contributed by atoms with Crippen molar-refractivity contribution >= 4 is 11.6 Å². The third-order valence-electron chi connectivity index (χ3n) is 2.57. The van der Waals surface area contributed by atoms with Crippen molar-refractivity contribution in [3.63, 3.8) is 0 Å². The van der Waals surface area contributed by atoms with E-state index in [-0.39, 0.29) is 6.04 Å². The Kier molecular flexibility index (Phi) is 3.78. The second kappa shape index (κ2) is 4.67. The number of methoxy groups -OCH3 is 1. The third-order valence-corrected chi connectivity index (χ3v) is 2.90. The first-order chi connectivity index (χ1) is 6.61. The lowest BCUT2D eigenvalue weighted by atomic mass is 9.98. The minimum atomic E-state index is -0.0960. The highest BCUT2D eigenvalue weighted by Gasteiger charge is 2.11. The van der Waals surface area contributed by atoms with E-state index in [9.17, 15) is 0 Å². The summed E-state index contributed by atoms with van der Waals surface area (Å²) in [5, 5.41) is 0. The highest BCUT2D eigenvalue weighted by Crippen LogP contribution is 2.27. The SMILES string of the molecule is COc1ccc(C(N)CCl)c(C)c1C. The predicted molar refractivity (Wildman–Crippen MR) is 60.1 cm³/mol. The molecule has 0 saturated carbocycles. The maximum absolute atomic E-state index is 5.88. The Bertz CT molecular complexity index is 325. The van der Waals surface area contributed by atoms with Gasteiger partial charge in [-0.3, -0.25) is 0 Å². The van der Waals surface area contributed by atoms with Gasteiger partial charge in [-0.15, -0.1) is 11.6 Å². The standard InChI is InChI=1S/C11H16ClNO/c1-7-8(2)11(14-3)5-4-9(7)10(13)6-12/h4-5,10H,6,13H2,1-3H3. The van der Waals surface area contributed by atoms with Gasteiger partial charge in [-0.05, 0) is 36.6 Å². The van der Waals surface area contributed by atoms with Crippen LogP contribution < -0.4 is 10.5 Å². The van der Waals surface area contributed by atoms with Gasteiger partial charge in [-0.25, -0.2) is 0 Å². The normalized spacial score (nSPS) is 12.6. The van der Waals surface area contributed by atoms with Crippen molar-refractivity contribution in [2.45, 2.75) is 19.9 Å². The molecule has 3 heteroatoms. The smallest absolute Gasteiger partial charge is 0.122 e. The fourth-order valence-corrected chi connectivity index (χ4v) is 1.69. The van der Waals surface area contributed by atoms with Crippen LogP contribution in [0.3, 0.4) is 0 Å². The molecule has 0 amide bonds. The zero-order valence-corrected chi connectivity index (χ0v) is 9.56. The first kappa shape index (κ1) is 11.3. The van der Waals surface area contributed by atoms with Gasteiger partial charge in [0.1, 0.15) is 5.75 Å². The predicted octanol–water partition coefficient (Wildman–Crippen LogP) is 2.55. The van der Waals surface area contributed by atoms with Gasteiger partial charge in [-0.2, -0.15) is 0 Å². The quantitative estimate of drug-likeness (QED) is 0.784. The molecule has 0 aliphatic rings. The van der Waals surface area contributed by atoms with Crippen LogP contribution in [0.25, 0.3) is 0 Å². The third kappa shape index (κ3) is 2.02. The summed E-state index contributed by atoms with van der Waals surface area (Å²) in [6.07, 6.45) is 0. The van der Waals surface area contributed by atoms with Gasteiger partial charge in [0.25, 0.3) is 0 Å². The topological polar surface area (TPSA) is 35.2 Å². The highest BCUT2D eigenvalue weighted by atomic mass is 35.5. The first-order valence-electron chi connectivity index (χ1n) is 4.57. The minimum Gasteiger partial charge on any atom is -0.496 e. The van der Waals surface area contributed by atoms with Crippen molar-refractivity contribution in [2.75, 3.05) is 13.0 Å². The van der Waals surface area contributed by atoms with E-state index >= 15 is 0 Å². The van der Waals surface area contributed by atoms with Crippen LogP contribution >= 0.6 is 11.6 Å². The van der Waals surface area contributed by atoms with Gasteiger partial charge < -0.3 is 10.5 Å². The Morgan fingerprint density at radius 3 is 2.50 bits per heavy atom. The van der Waals surface area contributed by atoms with Crippen molar-refractivity contribution in [1.29, 1.82) is 0 Å². The van der Waals surface area contributed by atoms with E-state index in [1.807, 2.05) is 26.0 Å². The molecule has 1 unspecified atom stereocenters. The molecule has 2 nitrogen and oxygen atoms in total. The fraction of sp³-hybridized carbons (Fsp3) is 0.455. The molecule has 0 heterocycles. The van der Waals surface area contributed by atoms with Gasteiger partial charge in [0.15, 0.2) is 0 Å². The minimum absolute atomic E-state index is 0.0960. The number of nitrogens with two attached hydrogens (primary N) is 1. The number of ether oxygens (including phenoxy) is 1. The lowest BCUT2D eigenvalue weighted by molar-refractivity contribution is 0.411. The average Bonchev–Trinajstić information content (AvgIpc) is 2.21. The van der Waals surface area contributed by atoms with E-state index in [4.69, 9.17) is 22.1 Å². The van der Waals surface area contributed by atoms with Crippen molar-refractivity contribution in [2.24, 2.45) is 5.73 Å². The van der Waals surface area contributed by atoms with E-state index in [1.54, 1.807) is 7.11 Å². The summed E-state index contributed by atoms with van der Waals surface area (Å²) in [4.78, 5) is 0. The van der Waals surface area contributed by atoms with Gasteiger partial charge in [0.05, 0.1) is 7.11 Å². The van der Waals surface area contributed by atoms with Crippen LogP contribution in [0.5, 0.6) is 5.75 Å². The molecule has 0 radical (unpaired) electrons. The Balaban J connectivity index is 3.17. The molecule has 1 aromatic rings. The number of rotatable bonds is 3. The molecular weight excluding hydrogens is 198 g/mol. The van der Waals surface area contributed by atoms with Gasteiger partial charge in [0, 0.05) is 11.9 Å². The molecule has 78 valence electrons. The molecule has 0 fully saturated rings. The second-order valence-corrected chi connectivity index (χ2v) is 3.68. The van der Waals surface area contributed by atoms with Crippen LogP contribution in [-0.4, -0.2) is 13.0 Å². The van der Waals surface area contributed by atoms with E-state index in [2.05, 4.69) is 0 Å². The van der Waals surface area contributed by atoms with Crippen molar-refractivity contribution < 1.29 is 4.74 Å². The summed E-state index contributed by atoms with van der Waals surface area (Å²) in [5.41, 5.74) is 9.27. The molecule has 2 N–H and O–H groups in total. The maximum atomic E-state index is 5.88. The van der Waals surface area contributed by atoms with Crippen LogP contribution in [-0.2, 0) is 0 Å². The lowest BCUT2D eigenvalue weighted by Crippen LogP contribution is -2.13. The van der Waals surface area contributed by atoms with Crippen LogP contribution in [0, 0.1) is 13.8 Å². The molecule has 0 spiro atoms. The van der Waals surface area contributed by atoms with Crippen molar-refractivity contribution in [3.05, 3.63) is 28.8 Å². The van der Waals surface area contributed by atoms with E-state index in [1.165, 1.54) is 0 Å². The molecule has 0 aromatic heterocycles. The molecule has 0 saturated heterocycles. The second-order valence-electron chi connectivity index (χ2n) is 3.37. The average molecular weight is 214 g/mol. The molecule has 1 atom stereocenters. The molecule has 14 heavy (non-hydrogen) atoms. The summed E-state index contributed by atoms with van der Waals surface area (Å²) >= 11 is 5.73. The zero-order valence-electron chi connectivity index (χ0n) is 8.80. The van der Waals surface area contributed by atoms with E-state index < -0.39 is 0 Å². The Labute approximate surface area is 90.0 Å². The number of hydrogen-bond donors (Lipinski definition) is 1. The van der Waals surface area contributed by atoms with Gasteiger partial charge >= 0.3 is 0 Å². The summed E-state index contributed by atoms with van der Waals surface area (Å²) in [6, 6.07) is 3.82. The number of hydrogen-bond acceptors (Lipinski definition) is 2. The highest BCUT2D eigenvalue weighted by molar-refractivity contribution is 6.18. The maximum Gasteiger partial charge on any atom is 0.122 e. The Morgan fingerprint density at radius 2 is 2.00 bits per heavy atom. The first-order valence-corrected chi connectivity index (χ1v) is 5.11. The molecule has 0 aliphatic heterocycles. The number of benzene rings is 1. The summed E-state index contributed by atoms with van der Waals surface area (Å²) < 4.78 is 5.22. The Morgan fingerprint density at radius 1 is 1.36 bits per heavy atom. The molecule has 1 aromatic carbocycles. The van der Waals surface area contributed by atoms with Crippen LogP contribution in [0.1, 0.15) is 22.7 Å². The van der Waals surface area contributed by atoms with Crippen LogP contribution in [0.4, 0.5) is 0 Å². The van der Waals surface area contributed by atoms with Gasteiger partial charge in [-0.1, -0.05) is 6.07 Å². The Hall–Kier alpha value is -0.730. The number of alkyl halides is 1. The summed E-state index contributed by atoms with van der Waals surface area (Å²) in [6.45, 7) is 4.07. The molecule has 1 rings (SSSR count). The van der Waals surface area contributed by atoms with Crippen molar-refractivity contribution in [3.8, 4) is 5.75 Å². The van der Waals surface area contributed by atoms with Gasteiger partial charge in [0.2, 0.25) is 0 Å². The zero-order chi connectivity index (χ0) is 10.7. The monoisotopic (exact) mass is 213 g/mol.